The van der Waals surface area contributed by atoms with Crippen molar-refractivity contribution in [2.24, 2.45) is 7.05 Å². The van der Waals surface area contributed by atoms with Crippen molar-refractivity contribution in [1.29, 1.82) is 0 Å². The SMILES string of the molecule is Cn1ccc2ccc(CCc3cc(/C=C/c4ccc(OCc5ccccn5)cc4)n[nH]3)cc21. The van der Waals surface area contributed by atoms with E-state index >= 15 is 0 Å². The second-order valence-corrected chi connectivity index (χ2v) is 8.15. The minimum Gasteiger partial charge on any atom is -0.487 e. The molecule has 5 aromatic rings. The molecule has 0 atom stereocenters. The summed E-state index contributed by atoms with van der Waals surface area (Å²) in [5, 5.41) is 8.88. The van der Waals surface area contributed by atoms with Crippen molar-refractivity contribution in [3.63, 3.8) is 0 Å². The number of aromatic amines is 1. The van der Waals surface area contributed by atoms with Gasteiger partial charge in [0.05, 0.1) is 11.4 Å². The molecule has 0 aliphatic heterocycles. The Morgan fingerprint density at radius 2 is 1.85 bits per heavy atom. The molecular weight excluding hydrogens is 408 g/mol. The number of aromatic nitrogens is 4. The molecular formula is C28H26N4O. The zero-order valence-electron chi connectivity index (χ0n) is 18.6. The van der Waals surface area contributed by atoms with Gasteiger partial charge in [-0.2, -0.15) is 5.10 Å². The normalized spacial score (nSPS) is 11.4. The zero-order valence-corrected chi connectivity index (χ0v) is 18.6. The lowest BCUT2D eigenvalue weighted by atomic mass is 10.1. The van der Waals surface area contributed by atoms with Crippen LogP contribution in [0.3, 0.4) is 0 Å². The van der Waals surface area contributed by atoms with Crippen LogP contribution in [0.2, 0.25) is 0 Å². The van der Waals surface area contributed by atoms with E-state index in [2.05, 4.69) is 69.4 Å². The van der Waals surface area contributed by atoms with Crippen LogP contribution in [0.25, 0.3) is 23.1 Å². The maximum Gasteiger partial charge on any atom is 0.130 e. The highest BCUT2D eigenvalue weighted by Gasteiger charge is 2.03. The molecule has 0 bridgehead atoms. The van der Waals surface area contributed by atoms with Crippen LogP contribution in [0.4, 0.5) is 0 Å². The Kier molecular flexibility index (Phi) is 6.02. The van der Waals surface area contributed by atoms with Gasteiger partial charge in [0.25, 0.3) is 0 Å². The number of nitrogens with one attached hydrogen (secondary N) is 1. The van der Waals surface area contributed by atoms with Crippen LogP contribution in [0.1, 0.15) is 28.2 Å². The molecule has 0 aliphatic carbocycles. The van der Waals surface area contributed by atoms with Gasteiger partial charge in [0.15, 0.2) is 0 Å². The maximum atomic E-state index is 5.80. The number of pyridine rings is 1. The first kappa shape index (κ1) is 20.8. The fourth-order valence-electron chi connectivity index (χ4n) is 3.83. The number of benzene rings is 2. The van der Waals surface area contributed by atoms with Gasteiger partial charge in [-0.25, -0.2) is 0 Å². The van der Waals surface area contributed by atoms with E-state index in [1.54, 1.807) is 6.20 Å². The van der Waals surface area contributed by atoms with E-state index in [0.717, 1.165) is 41.2 Å². The largest absolute Gasteiger partial charge is 0.487 e. The van der Waals surface area contributed by atoms with Crippen molar-refractivity contribution in [1.82, 2.24) is 19.7 Å². The predicted molar refractivity (Wildman–Crippen MR) is 133 cm³/mol. The summed E-state index contributed by atoms with van der Waals surface area (Å²) < 4.78 is 7.96. The molecule has 0 aliphatic rings. The van der Waals surface area contributed by atoms with Gasteiger partial charge in [-0.05, 0) is 77.9 Å². The number of hydrogen-bond donors (Lipinski definition) is 1. The molecule has 0 saturated carbocycles. The average molecular weight is 435 g/mol. The first-order chi connectivity index (χ1) is 16.2. The number of nitrogens with zero attached hydrogens (tertiary/aromatic N) is 3. The minimum atomic E-state index is 0.463. The Hall–Kier alpha value is -4.12. The molecule has 0 saturated heterocycles. The molecule has 5 heteroatoms. The van der Waals surface area contributed by atoms with Gasteiger partial charge in [0.2, 0.25) is 0 Å². The number of fused-ring (bicyclic) bond motifs is 1. The third kappa shape index (κ3) is 5.21. The van der Waals surface area contributed by atoms with E-state index in [-0.39, 0.29) is 0 Å². The van der Waals surface area contributed by atoms with Crippen LogP contribution >= 0.6 is 0 Å². The van der Waals surface area contributed by atoms with E-state index in [4.69, 9.17) is 4.74 Å². The van der Waals surface area contributed by atoms with E-state index in [9.17, 15) is 0 Å². The number of H-pyrrole nitrogens is 1. The van der Waals surface area contributed by atoms with Crippen molar-refractivity contribution in [3.8, 4) is 5.75 Å². The van der Waals surface area contributed by atoms with Crippen LogP contribution < -0.4 is 4.74 Å². The van der Waals surface area contributed by atoms with Crippen LogP contribution in [-0.4, -0.2) is 19.7 Å². The van der Waals surface area contributed by atoms with E-state index < -0.39 is 0 Å². The van der Waals surface area contributed by atoms with Crippen LogP contribution in [0.5, 0.6) is 5.75 Å². The third-order valence-electron chi connectivity index (χ3n) is 5.73. The summed E-state index contributed by atoms with van der Waals surface area (Å²) in [6.07, 6.45) is 9.87. The van der Waals surface area contributed by atoms with Gasteiger partial charge in [0, 0.05) is 30.7 Å². The summed E-state index contributed by atoms with van der Waals surface area (Å²) in [6.45, 7) is 0.463. The van der Waals surface area contributed by atoms with Gasteiger partial charge in [-0.3, -0.25) is 10.1 Å². The molecule has 3 aromatic heterocycles. The summed E-state index contributed by atoms with van der Waals surface area (Å²) in [7, 11) is 2.09. The lowest BCUT2D eigenvalue weighted by Gasteiger charge is -2.05. The Balaban J connectivity index is 1.15. The summed E-state index contributed by atoms with van der Waals surface area (Å²) in [4.78, 5) is 4.27. The fraction of sp³-hybridized carbons (Fsp3) is 0.143. The molecule has 3 heterocycles. The Labute approximate surface area is 193 Å². The zero-order chi connectivity index (χ0) is 22.5. The molecule has 1 N–H and O–H groups in total. The van der Waals surface area contributed by atoms with Crippen molar-refractivity contribution >= 4 is 23.1 Å². The fourth-order valence-corrected chi connectivity index (χ4v) is 3.83. The molecule has 164 valence electrons. The lowest BCUT2D eigenvalue weighted by Crippen LogP contribution is -1.97. The van der Waals surface area contributed by atoms with E-state index in [1.165, 1.54) is 16.5 Å². The standard InChI is InChI=1S/C28H26N4O/c1-32-17-15-23-10-5-22(18-28(23)32)7-12-25-19-24(30-31-25)11-6-21-8-13-27(14-9-21)33-20-26-4-2-3-16-29-26/h2-6,8-11,13-19H,7,12,20H2,1H3,(H,30,31)/b11-6+. The first-order valence-electron chi connectivity index (χ1n) is 11.1. The summed E-state index contributed by atoms with van der Waals surface area (Å²) in [5.74, 6) is 0.827. The topological polar surface area (TPSA) is 55.7 Å². The Morgan fingerprint density at radius 3 is 2.70 bits per heavy atom. The highest BCUT2D eigenvalue weighted by atomic mass is 16.5. The van der Waals surface area contributed by atoms with Crippen molar-refractivity contribution < 1.29 is 4.74 Å². The number of rotatable bonds is 8. The second kappa shape index (κ2) is 9.57. The molecule has 0 spiro atoms. The van der Waals surface area contributed by atoms with Gasteiger partial charge >= 0.3 is 0 Å². The van der Waals surface area contributed by atoms with E-state index in [0.29, 0.717) is 6.61 Å². The molecule has 0 unspecified atom stereocenters. The number of aryl methyl sites for hydroxylation is 3. The minimum absolute atomic E-state index is 0.463. The molecule has 0 amide bonds. The summed E-state index contributed by atoms with van der Waals surface area (Å²) >= 11 is 0. The quantitative estimate of drug-likeness (QED) is 0.334. The Morgan fingerprint density at radius 1 is 0.939 bits per heavy atom. The van der Waals surface area contributed by atoms with E-state index in [1.807, 2.05) is 48.5 Å². The molecule has 0 fully saturated rings. The predicted octanol–water partition coefficient (Wildman–Crippen LogP) is 5.83. The number of ether oxygens (including phenoxy) is 1. The summed E-state index contributed by atoms with van der Waals surface area (Å²) in [6, 6.07) is 24.8. The molecule has 0 radical (unpaired) electrons. The lowest BCUT2D eigenvalue weighted by molar-refractivity contribution is 0.301. The van der Waals surface area contributed by atoms with Gasteiger partial charge in [-0.1, -0.05) is 36.4 Å². The van der Waals surface area contributed by atoms with Gasteiger partial charge < -0.3 is 9.30 Å². The molecule has 5 rings (SSSR count). The highest BCUT2D eigenvalue weighted by Crippen LogP contribution is 2.19. The van der Waals surface area contributed by atoms with Gasteiger partial charge in [0.1, 0.15) is 12.4 Å². The summed E-state index contributed by atoms with van der Waals surface area (Å²) in [5.41, 5.74) is 6.69. The maximum absolute atomic E-state index is 5.80. The smallest absolute Gasteiger partial charge is 0.130 e. The molecule has 33 heavy (non-hydrogen) atoms. The average Bonchev–Trinajstić information content (AvgIpc) is 3.48. The Bertz CT molecular complexity index is 1360. The van der Waals surface area contributed by atoms with Crippen LogP contribution in [0.15, 0.2) is 85.2 Å². The van der Waals surface area contributed by atoms with Crippen LogP contribution in [0, 0.1) is 0 Å². The third-order valence-corrected chi connectivity index (χ3v) is 5.73. The monoisotopic (exact) mass is 434 g/mol. The molecule has 5 nitrogen and oxygen atoms in total. The molecule has 2 aromatic carbocycles. The van der Waals surface area contributed by atoms with Crippen molar-refractivity contribution in [3.05, 3.63) is 113 Å². The van der Waals surface area contributed by atoms with Gasteiger partial charge in [-0.15, -0.1) is 0 Å². The van der Waals surface area contributed by atoms with Crippen LogP contribution in [-0.2, 0) is 26.5 Å². The highest BCUT2D eigenvalue weighted by molar-refractivity contribution is 5.80. The first-order valence-corrected chi connectivity index (χ1v) is 11.1. The van der Waals surface area contributed by atoms with Crippen molar-refractivity contribution in [2.75, 3.05) is 0 Å². The number of hydrogen-bond acceptors (Lipinski definition) is 3. The van der Waals surface area contributed by atoms with Crippen molar-refractivity contribution in [2.45, 2.75) is 19.4 Å². The second-order valence-electron chi connectivity index (χ2n) is 8.15.